The van der Waals surface area contributed by atoms with E-state index in [1.807, 2.05) is 13.8 Å². The van der Waals surface area contributed by atoms with Gasteiger partial charge in [-0.05, 0) is 45.2 Å². The fourth-order valence-corrected chi connectivity index (χ4v) is 2.09. The predicted molar refractivity (Wildman–Crippen MR) is 54.3 cm³/mol. The van der Waals surface area contributed by atoms with E-state index in [-0.39, 0.29) is 11.7 Å². The highest BCUT2D eigenvalue weighted by Crippen LogP contribution is 2.31. The first-order valence-corrected chi connectivity index (χ1v) is 5.04. The first-order valence-electron chi connectivity index (χ1n) is 5.04. The highest BCUT2D eigenvalue weighted by atomic mass is 16.1. The smallest absolute Gasteiger partial charge is 0.159 e. The maximum atomic E-state index is 11.7. The van der Waals surface area contributed by atoms with Crippen molar-refractivity contribution in [3.8, 4) is 0 Å². The zero-order valence-electron chi connectivity index (χ0n) is 8.55. The number of hydrogen-bond acceptors (Lipinski definition) is 2. The molecule has 1 saturated carbocycles. The molecule has 1 aliphatic rings. The number of carbonyl (C=O) groups excluding carboxylic acids is 1. The van der Waals surface area contributed by atoms with Gasteiger partial charge in [-0.1, -0.05) is 12.0 Å². The van der Waals surface area contributed by atoms with Crippen LogP contribution in [0.15, 0.2) is 11.6 Å². The Bertz CT molecular complexity index is 216. The van der Waals surface area contributed by atoms with Crippen LogP contribution < -0.4 is 5.73 Å². The molecule has 0 aromatic rings. The molecular weight excluding hydrogens is 162 g/mol. The number of carbonyl (C=O) groups is 1. The van der Waals surface area contributed by atoms with Gasteiger partial charge in [-0.25, -0.2) is 0 Å². The Hall–Kier alpha value is -0.630. The average Bonchev–Trinajstić information content (AvgIpc) is 2.49. The standard InChI is InChI=1S/C11H19NO/c1-8(2)6-11(13)10-5-3-4-9(10)7-12/h6,9-10H,3-5,7,12H2,1-2H3. The minimum absolute atomic E-state index is 0.208. The van der Waals surface area contributed by atoms with Crippen LogP contribution in [0.1, 0.15) is 33.1 Å². The van der Waals surface area contributed by atoms with Crippen molar-refractivity contribution in [3.63, 3.8) is 0 Å². The molecular formula is C11H19NO. The maximum absolute atomic E-state index is 11.7. The average molecular weight is 181 g/mol. The number of ketones is 1. The van der Waals surface area contributed by atoms with E-state index < -0.39 is 0 Å². The van der Waals surface area contributed by atoms with Gasteiger partial charge in [0.05, 0.1) is 0 Å². The summed E-state index contributed by atoms with van der Waals surface area (Å²) in [4.78, 5) is 11.7. The number of rotatable bonds is 3. The lowest BCUT2D eigenvalue weighted by Gasteiger charge is -2.14. The fourth-order valence-electron chi connectivity index (χ4n) is 2.09. The van der Waals surface area contributed by atoms with Gasteiger partial charge in [-0.2, -0.15) is 0 Å². The van der Waals surface area contributed by atoms with Crippen molar-refractivity contribution in [3.05, 3.63) is 11.6 Å². The summed E-state index contributed by atoms with van der Waals surface area (Å²) in [5.74, 6) is 0.927. The molecule has 0 saturated heterocycles. The molecule has 2 nitrogen and oxygen atoms in total. The molecule has 0 aromatic heterocycles. The van der Waals surface area contributed by atoms with Crippen molar-refractivity contribution in [2.75, 3.05) is 6.54 Å². The molecule has 0 aliphatic heterocycles. The third-order valence-electron chi connectivity index (χ3n) is 2.76. The van der Waals surface area contributed by atoms with E-state index in [9.17, 15) is 4.79 Å². The number of hydrogen-bond donors (Lipinski definition) is 1. The molecule has 2 heteroatoms. The number of allylic oxidation sites excluding steroid dienone is 2. The van der Waals surface area contributed by atoms with Gasteiger partial charge in [0.15, 0.2) is 5.78 Å². The molecule has 13 heavy (non-hydrogen) atoms. The lowest BCUT2D eigenvalue weighted by Crippen LogP contribution is -2.24. The van der Waals surface area contributed by atoms with Gasteiger partial charge in [0.25, 0.3) is 0 Å². The van der Waals surface area contributed by atoms with E-state index in [1.54, 1.807) is 6.08 Å². The van der Waals surface area contributed by atoms with Crippen molar-refractivity contribution in [2.45, 2.75) is 33.1 Å². The van der Waals surface area contributed by atoms with Crippen LogP contribution in [-0.2, 0) is 4.79 Å². The molecule has 0 radical (unpaired) electrons. The van der Waals surface area contributed by atoms with Crippen LogP contribution in [0.25, 0.3) is 0 Å². The van der Waals surface area contributed by atoms with Gasteiger partial charge >= 0.3 is 0 Å². The normalized spacial score (nSPS) is 27.3. The molecule has 2 atom stereocenters. The second-order valence-corrected chi connectivity index (χ2v) is 4.16. The van der Waals surface area contributed by atoms with Gasteiger partial charge < -0.3 is 5.73 Å². The molecule has 1 aliphatic carbocycles. The van der Waals surface area contributed by atoms with Crippen LogP contribution in [-0.4, -0.2) is 12.3 Å². The summed E-state index contributed by atoms with van der Waals surface area (Å²) in [7, 11) is 0. The van der Waals surface area contributed by atoms with E-state index in [4.69, 9.17) is 5.73 Å². The van der Waals surface area contributed by atoms with Crippen LogP contribution >= 0.6 is 0 Å². The molecule has 2 unspecified atom stereocenters. The van der Waals surface area contributed by atoms with Gasteiger partial charge in [0, 0.05) is 5.92 Å². The van der Waals surface area contributed by atoms with E-state index in [2.05, 4.69) is 0 Å². The van der Waals surface area contributed by atoms with Crippen molar-refractivity contribution in [1.29, 1.82) is 0 Å². The highest BCUT2D eigenvalue weighted by molar-refractivity contribution is 5.92. The predicted octanol–water partition coefficient (Wildman–Crippen LogP) is 1.90. The zero-order valence-corrected chi connectivity index (χ0v) is 8.55. The SMILES string of the molecule is CC(C)=CC(=O)C1CCCC1CN. The van der Waals surface area contributed by atoms with Gasteiger partial charge in [-0.15, -0.1) is 0 Å². The topological polar surface area (TPSA) is 43.1 Å². The maximum Gasteiger partial charge on any atom is 0.159 e. The Balaban J connectivity index is 2.60. The monoisotopic (exact) mass is 181 g/mol. The molecule has 1 fully saturated rings. The lowest BCUT2D eigenvalue weighted by atomic mass is 9.91. The van der Waals surface area contributed by atoms with E-state index in [1.165, 1.54) is 0 Å². The summed E-state index contributed by atoms with van der Waals surface area (Å²) in [6.07, 6.45) is 5.08. The van der Waals surface area contributed by atoms with E-state index in [0.717, 1.165) is 24.8 Å². The Morgan fingerprint density at radius 2 is 2.15 bits per heavy atom. The van der Waals surface area contributed by atoms with E-state index in [0.29, 0.717) is 12.5 Å². The zero-order chi connectivity index (χ0) is 9.84. The second kappa shape index (κ2) is 4.56. The van der Waals surface area contributed by atoms with Gasteiger partial charge in [-0.3, -0.25) is 4.79 Å². The first kappa shape index (κ1) is 10.5. The summed E-state index contributed by atoms with van der Waals surface area (Å²) >= 11 is 0. The Morgan fingerprint density at radius 1 is 1.46 bits per heavy atom. The van der Waals surface area contributed by atoms with Crippen LogP contribution in [0.4, 0.5) is 0 Å². The minimum atomic E-state index is 0.208. The molecule has 0 amide bonds. The summed E-state index contributed by atoms with van der Waals surface area (Å²) in [5.41, 5.74) is 6.71. The van der Waals surface area contributed by atoms with Gasteiger partial charge in [0.1, 0.15) is 0 Å². The molecule has 0 bridgehead atoms. The second-order valence-electron chi connectivity index (χ2n) is 4.16. The molecule has 74 valence electrons. The minimum Gasteiger partial charge on any atom is -0.330 e. The van der Waals surface area contributed by atoms with Crippen LogP contribution in [0.2, 0.25) is 0 Å². The van der Waals surface area contributed by atoms with Gasteiger partial charge in [0.2, 0.25) is 0 Å². The third-order valence-corrected chi connectivity index (χ3v) is 2.76. The summed E-state index contributed by atoms with van der Waals surface area (Å²) in [5, 5.41) is 0. The van der Waals surface area contributed by atoms with Crippen molar-refractivity contribution >= 4 is 5.78 Å². The molecule has 0 aromatic carbocycles. The quantitative estimate of drug-likeness (QED) is 0.676. The van der Waals surface area contributed by atoms with Crippen LogP contribution in [0.3, 0.4) is 0 Å². The Morgan fingerprint density at radius 3 is 2.69 bits per heavy atom. The molecule has 1 rings (SSSR count). The Labute approximate surface area is 80.2 Å². The summed E-state index contributed by atoms with van der Waals surface area (Å²) < 4.78 is 0. The Kier molecular flexibility index (Phi) is 3.67. The lowest BCUT2D eigenvalue weighted by molar-refractivity contribution is -0.119. The van der Waals surface area contributed by atoms with Crippen LogP contribution in [0, 0.1) is 11.8 Å². The first-order chi connectivity index (χ1) is 6.15. The summed E-state index contributed by atoms with van der Waals surface area (Å²) in [6, 6.07) is 0. The largest absolute Gasteiger partial charge is 0.330 e. The molecule has 2 N–H and O–H groups in total. The molecule has 0 heterocycles. The number of nitrogens with two attached hydrogens (primary N) is 1. The fraction of sp³-hybridized carbons (Fsp3) is 0.727. The van der Waals surface area contributed by atoms with E-state index >= 15 is 0 Å². The molecule has 0 spiro atoms. The van der Waals surface area contributed by atoms with Crippen molar-refractivity contribution in [1.82, 2.24) is 0 Å². The van der Waals surface area contributed by atoms with Crippen molar-refractivity contribution in [2.24, 2.45) is 17.6 Å². The van der Waals surface area contributed by atoms with Crippen LogP contribution in [0.5, 0.6) is 0 Å². The summed E-state index contributed by atoms with van der Waals surface area (Å²) in [6.45, 7) is 4.58. The van der Waals surface area contributed by atoms with Crippen molar-refractivity contribution < 1.29 is 4.79 Å². The highest BCUT2D eigenvalue weighted by Gasteiger charge is 2.30. The third kappa shape index (κ3) is 2.66.